The summed E-state index contributed by atoms with van der Waals surface area (Å²) in [6.07, 6.45) is 8.12. The Balaban J connectivity index is 0.000000810. The van der Waals surface area contributed by atoms with E-state index in [9.17, 15) is 0 Å². The van der Waals surface area contributed by atoms with Gasteiger partial charge in [0.2, 0.25) is 0 Å². The van der Waals surface area contributed by atoms with Gasteiger partial charge in [0.15, 0.2) is 0 Å². The van der Waals surface area contributed by atoms with Gasteiger partial charge in [-0.3, -0.25) is 0 Å². The van der Waals surface area contributed by atoms with Crippen molar-refractivity contribution in [2.24, 2.45) is 0 Å². The number of rotatable bonds is 1. The van der Waals surface area contributed by atoms with Crippen LogP contribution >= 0.6 is 24.0 Å². The predicted molar refractivity (Wildman–Crippen MR) is 55.5 cm³/mol. The first kappa shape index (κ1) is 9.75. The highest BCUT2D eigenvalue weighted by Crippen LogP contribution is 2.04. The fourth-order valence-electron chi connectivity index (χ4n) is 0.743. The van der Waals surface area contributed by atoms with Crippen LogP contribution in [-0.2, 0) is 0 Å². The van der Waals surface area contributed by atoms with Crippen LogP contribution in [0.15, 0.2) is 36.6 Å². The summed E-state index contributed by atoms with van der Waals surface area (Å²) < 4.78 is 0. The molecule has 1 aliphatic rings. The Labute approximate surface area is 79.1 Å². The van der Waals surface area contributed by atoms with Crippen LogP contribution in [0.25, 0.3) is 0 Å². The van der Waals surface area contributed by atoms with Gasteiger partial charge in [0.05, 0.1) is 0 Å². The van der Waals surface area contributed by atoms with Crippen LogP contribution in [-0.4, -0.2) is 18.5 Å². The largest absolute Gasteiger partial charge is 0.377 e. The first-order valence-electron chi connectivity index (χ1n) is 3.04. The first-order valence-corrected chi connectivity index (χ1v) is 3.04. The molecule has 0 saturated carbocycles. The summed E-state index contributed by atoms with van der Waals surface area (Å²) in [6, 6.07) is 0. The lowest BCUT2D eigenvalue weighted by Gasteiger charge is -2.14. The van der Waals surface area contributed by atoms with Crippen LogP contribution in [0.4, 0.5) is 0 Å². The molecule has 0 aromatic rings. The second-order valence-corrected chi connectivity index (χ2v) is 2.16. The lowest BCUT2D eigenvalue weighted by atomic mass is 10.2. The molecule has 0 aromatic carbocycles. The molecule has 0 aliphatic carbocycles. The number of allylic oxidation sites excluding steroid dienone is 3. The van der Waals surface area contributed by atoms with E-state index in [-0.39, 0.29) is 24.0 Å². The second kappa shape index (κ2) is 4.55. The molecule has 0 saturated heterocycles. The van der Waals surface area contributed by atoms with Crippen molar-refractivity contribution in [3.05, 3.63) is 36.6 Å². The Morgan fingerprint density at radius 3 is 2.80 bits per heavy atom. The fraction of sp³-hybridized carbons (Fsp3) is 0.250. The quantitative estimate of drug-likeness (QED) is 0.644. The van der Waals surface area contributed by atoms with Crippen molar-refractivity contribution in [1.82, 2.24) is 4.90 Å². The smallest absolute Gasteiger partial charge is 0.0359 e. The van der Waals surface area contributed by atoms with Crippen LogP contribution in [0.1, 0.15) is 0 Å². The van der Waals surface area contributed by atoms with E-state index in [0.29, 0.717) is 0 Å². The second-order valence-electron chi connectivity index (χ2n) is 2.16. The average Bonchev–Trinajstić information content (AvgIpc) is 1.90. The fourth-order valence-corrected chi connectivity index (χ4v) is 0.743. The molecule has 1 nitrogen and oxygen atoms in total. The Hall–Kier alpha value is -0.250. The van der Waals surface area contributed by atoms with Gasteiger partial charge in [-0.2, -0.15) is 0 Å². The summed E-state index contributed by atoms with van der Waals surface area (Å²) in [6.45, 7) is 4.67. The van der Waals surface area contributed by atoms with Gasteiger partial charge in [0.1, 0.15) is 0 Å². The zero-order chi connectivity index (χ0) is 6.69. The zero-order valence-electron chi connectivity index (χ0n) is 6.08. The van der Waals surface area contributed by atoms with E-state index in [2.05, 4.69) is 29.8 Å². The summed E-state index contributed by atoms with van der Waals surface area (Å²) >= 11 is 0. The van der Waals surface area contributed by atoms with Crippen molar-refractivity contribution in [2.75, 3.05) is 13.6 Å². The SMILES string of the molecule is C=CC1=CCN(C)C=C1.I. The van der Waals surface area contributed by atoms with Gasteiger partial charge in [-0.25, -0.2) is 0 Å². The molecule has 1 heterocycles. The maximum absolute atomic E-state index is 3.67. The first-order chi connectivity index (χ1) is 4.33. The highest BCUT2D eigenvalue weighted by Gasteiger charge is 1.94. The molecule has 0 unspecified atom stereocenters. The molecule has 0 amide bonds. The number of hydrogen-bond donors (Lipinski definition) is 0. The van der Waals surface area contributed by atoms with Crippen LogP contribution < -0.4 is 0 Å². The van der Waals surface area contributed by atoms with Gasteiger partial charge >= 0.3 is 0 Å². The molecule has 2 heteroatoms. The maximum atomic E-state index is 3.67. The van der Waals surface area contributed by atoms with Gasteiger partial charge in [-0.1, -0.05) is 18.7 Å². The molecule has 0 spiro atoms. The Bertz CT molecular complexity index is 170. The van der Waals surface area contributed by atoms with Gasteiger partial charge in [-0.05, 0) is 17.8 Å². The number of hydrogen-bond acceptors (Lipinski definition) is 1. The van der Waals surface area contributed by atoms with Crippen LogP contribution in [0.2, 0.25) is 0 Å². The summed E-state index contributed by atoms with van der Waals surface area (Å²) in [5.41, 5.74) is 1.22. The van der Waals surface area contributed by atoms with Crippen molar-refractivity contribution in [2.45, 2.75) is 0 Å². The van der Waals surface area contributed by atoms with Gasteiger partial charge < -0.3 is 4.90 Å². The molecule has 0 bridgehead atoms. The van der Waals surface area contributed by atoms with Gasteiger partial charge in [-0.15, -0.1) is 24.0 Å². The number of nitrogens with zero attached hydrogens (tertiary/aromatic N) is 1. The summed E-state index contributed by atoms with van der Waals surface area (Å²) in [4.78, 5) is 2.12. The standard InChI is InChI=1S/C8H11N.HI/c1-3-8-4-6-9(2)7-5-8;/h3-6H,1,7H2,2H3;1H. The summed E-state index contributed by atoms with van der Waals surface area (Å²) in [5, 5.41) is 0. The van der Waals surface area contributed by atoms with Crippen molar-refractivity contribution >= 4 is 24.0 Å². The molecule has 1 aliphatic heterocycles. The summed E-state index contributed by atoms with van der Waals surface area (Å²) in [7, 11) is 2.05. The Morgan fingerprint density at radius 1 is 1.70 bits per heavy atom. The van der Waals surface area contributed by atoms with Crippen molar-refractivity contribution in [1.29, 1.82) is 0 Å². The molecule has 0 fully saturated rings. The lowest BCUT2D eigenvalue weighted by molar-refractivity contribution is 0.503. The average molecular weight is 249 g/mol. The highest BCUT2D eigenvalue weighted by molar-refractivity contribution is 14.0. The molecule has 1 rings (SSSR count). The molecule has 0 atom stereocenters. The van der Waals surface area contributed by atoms with E-state index in [1.807, 2.05) is 13.1 Å². The maximum Gasteiger partial charge on any atom is 0.0359 e. The van der Waals surface area contributed by atoms with E-state index in [4.69, 9.17) is 0 Å². The minimum Gasteiger partial charge on any atom is -0.377 e. The number of halogens is 1. The normalized spacial score (nSPS) is 15.7. The van der Waals surface area contributed by atoms with Crippen LogP contribution in [0.3, 0.4) is 0 Å². The molecule has 0 radical (unpaired) electrons. The van der Waals surface area contributed by atoms with Gasteiger partial charge in [0.25, 0.3) is 0 Å². The van der Waals surface area contributed by atoms with Crippen molar-refractivity contribution in [3.63, 3.8) is 0 Å². The Kier molecular flexibility index (Phi) is 4.43. The molecule has 10 heavy (non-hydrogen) atoms. The molecule has 56 valence electrons. The molecule has 0 N–H and O–H groups in total. The van der Waals surface area contributed by atoms with E-state index < -0.39 is 0 Å². The third-order valence-electron chi connectivity index (χ3n) is 1.37. The van der Waals surface area contributed by atoms with Crippen molar-refractivity contribution < 1.29 is 0 Å². The minimum atomic E-state index is 0. The molecular formula is C8H12IN. The zero-order valence-corrected chi connectivity index (χ0v) is 8.41. The van der Waals surface area contributed by atoms with Crippen molar-refractivity contribution in [3.8, 4) is 0 Å². The highest BCUT2D eigenvalue weighted by atomic mass is 127. The third-order valence-corrected chi connectivity index (χ3v) is 1.37. The number of likely N-dealkylation sites (N-methyl/N-ethyl adjacent to an activating group) is 1. The summed E-state index contributed by atoms with van der Waals surface area (Å²) in [5.74, 6) is 0. The van der Waals surface area contributed by atoms with E-state index >= 15 is 0 Å². The third kappa shape index (κ3) is 2.56. The lowest BCUT2D eigenvalue weighted by Crippen LogP contribution is -2.12. The van der Waals surface area contributed by atoms with Gasteiger partial charge in [0, 0.05) is 13.6 Å². The minimum absolute atomic E-state index is 0. The molecular weight excluding hydrogens is 237 g/mol. The van der Waals surface area contributed by atoms with Crippen LogP contribution in [0.5, 0.6) is 0 Å². The van der Waals surface area contributed by atoms with Crippen LogP contribution in [0, 0.1) is 0 Å². The predicted octanol–water partition coefficient (Wildman–Crippen LogP) is 2.18. The Morgan fingerprint density at radius 2 is 2.40 bits per heavy atom. The topological polar surface area (TPSA) is 3.24 Å². The van der Waals surface area contributed by atoms with E-state index in [1.165, 1.54) is 5.57 Å². The van der Waals surface area contributed by atoms with E-state index in [1.54, 1.807) is 0 Å². The molecule has 0 aromatic heterocycles. The monoisotopic (exact) mass is 249 g/mol. The van der Waals surface area contributed by atoms with E-state index in [0.717, 1.165) is 6.54 Å².